The van der Waals surface area contributed by atoms with Crippen molar-refractivity contribution in [2.45, 2.75) is 92.4 Å². The molecule has 0 saturated heterocycles. The Morgan fingerprint density at radius 2 is 1.69 bits per heavy atom. The molecule has 0 bridgehead atoms. The van der Waals surface area contributed by atoms with Crippen LogP contribution in [0, 0.1) is 24.7 Å². The van der Waals surface area contributed by atoms with E-state index in [-0.39, 0.29) is 41.5 Å². The van der Waals surface area contributed by atoms with E-state index in [0.717, 1.165) is 54.4 Å². The molecule has 3 unspecified atom stereocenters. The highest BCUT2D eigenvalue weighted by Crippen LogP contribution is 2.40. The monoisotopic (exact) mass is 474 g/mol. The quantitative estimate of drug-likeness (QED) is 0.311. The third kappa shape index (κ3) is 6.37. The molecule has 0 aromatic heterocycles. The predicted molar refractivity (Wildman–Crippen MR) is 144 cm³/mol. The minimum Gasteiger partial charge on any atom is -0.300 e. The fourth-order valence-corrected chi connectivity index (χ4v) is 6.06. The summed E-state index contributed by atoms with van der Waals surface area (Å²) in [6, 6.07) is 13.0. The molecule has 0 fully saturated rings. The molecule has 0 aliphatic heterocycles. The molecular weight excluding hydrogens is 432 g/mol. The zero-order valence-corrected chi connectivity index (χ0v) is 22.4. The van der Waals surface area contributed by atoms with Crippen LogP contribution in [-0.2, 0) is 16.0 Å². The van der Waals surface area contributed by atoms with Gasteiger partial charge in [0.25, 0.3) is 0 Å². The highest BCUT2D eigenvalue weighted by molar-refractivity contribution is 6.02. The van der Waals surface area contributed by atoms with Crippen LogP contribution in [0.15, 0.2) is 36.4 Å². The molecule has 0 amide bonds. The van der Waals surface area contributed by atoms with Crippen LogP contribution in [0.3, 0.4) is 0 Å². The standard InChI is InChI=1S/C32H42O3/c1-7-9-26(27(8-2)30(34)16-22(6)33)17-23-18-29-28(15-10-21(5)32(29)31(35)19-23)25-13-11-24(12-14-25)20(3)4/h10-15,20,23,26-27H,7-9,16-19H2,1-6H3. The van der Waals surface area contributed by atoms with Crippen LogP contribution in [0.25, 0.3) is 11.1 Å². The summed E-state index contributed by atoms with van der Waals surface area (Å²) in [6.07, 6.45) is 5.00. The summed E-state index contributed by atoms with van der Waals surface area (Å²) in [7, 11) is 0. The molecule has 2 aromatic carbocycles. The smallest absolute Gasteiger partial charge is 0.163 e. The molecule has 2 aromatic rings. The van der Waals surface area contributed by atoms with Gasteiger partial charge in [-0.1, -0.05) is 76.9 Å². The van der Waals surface area contributed by atoms with E-state index in [9.17, 15) is 14.4 Å². The van der Waals surface area contributed by atoms with Crippen molar-refractivity contribution in [3.8, 4) is 11.1 Å². The van der Waals surface area contributed by atoms with Gasteiger partial charge in [-0.15, -0.1) is 0 Å². The maximum Gasteiger partial charge on any atom is 0.163 e. The van der Waals surface area contributed by atoms with E-state index in [1.165, 1.54) is 18.1 Å². The Labute approximate surface area is 211 Å². The average molecular weight is 475 g/mol. The lowest BCUT2D eigenvalue weighted by Crippen LogP contribution is -2.30. The topological polar surface area (TPSA) is 51.2 Å². The number of aryl methyl sites for hydroxylation is 1. The number of carbonyl (C=O) groups is 3. The molecule has 0 spiro atoms. The summed E-state index contributed by atoms with van der Waals surface area (Å²) >= 11 is 0. The molecule has 1 aliphatic rings. The number of ketones is 3. The van der Waals surface area contributed by atoms with Crippen molar-refractivity contribution in [3.63, 3.8) is 0 Å². The SMILES string of the molecule is CCCC(CC1CC(=O)c2c(C)ccc(-c3ccc(C(C)C)cc3)c2C1)C(CC)C(=O)CC(C)=O. The Morgan fingerprint density at radius 3 is 2.26 bits per heavy atom. The lowest BCUT2D eigenvalue weighted by atomic mass is 9.71. The van der Waals surface area contributed by atoms with Gasteiger partial charge in [0.2, 0.25) is 0 Å². The van der Waals surface area contributed by atoms with E-state index >= 15 is 0 Å². The summed E-state index contributed by atoms with van der Waals surface area (Å²) in [5, 5.41) is 0. The molecule has 1 aliphatic carbocycles. The normalized spacial score (nSPS) is 17.2. The zero-order valence-electron chi connectivity index (χ0n) is 22.4. The molecule has 0 heterocycles. The molecule has 3 rings (SSSR count). The van der Waals surface area contributed by atoms with Gasteiger partial charge in [-0.2, -0.15) is 0 Å². The van der Waals surface area contributed by atoms with Crippen molar-refractivity contribution < 1.29 is 14.4 Å². The molecule has 0 N–H and O–H groups in total. The Morgan fingerprint density at radius 1 is 1.00 bits per heavy atom. The predicted octanol–water partition coefficient (Wildman–Crippen LogP) is 7.91. The largest absolute Gasteiger partial charge is 0.300 e. The second-order valence-electron chi connectivity index (χ2n) is 10.9. The first-order chi connectivity index (χ1) is 16.7. The number of fused-ring (bicyclic) bond motifs is 1. The minimum atomic E-state index is -0.101. The first kappa shape index (κ1) is 27.0. The van der Waals surface area contributed by atoms with E-state index < -0.39 is 0 Å². The summed E-state index contributed by atoms with van der Waals surface area (Å²) in [4.78, 5) is 37.9. The summed E-state index contributed by atoms with van der Waals surface area (Å²) in [6.45, 7) is 12.1. The molecule has 3 atom stereocenters. The number of rotatable bonds is 11. The third-order valence-electron chi connectivity index (χ3n) is 7.80. The van der Waals surface area contributed by atoms with E-state index in [0.29, 0.717) is 12.3 Å². The van der Waals surface area contributed by atoms with Gasteiger partial charge in [0.15, 0.2) is 5.78 Å². The van der Waals surface area contributed by atoms with Gasteiger partial charge >= 0.3 is 0 Å². The van der Waals surface area contributed by atoms with Crippen LogP contribution in [0.5, 0.6) is 0 Å². The van der Waals surface area contributed by atoms with Crippen molar-refractivity contribution in [1.29, 1.82) is 0 Å². The van der Waals surface area contributed by atoms with Gasteiger partial charge < -0.3 is 0 Å². The Hall–Kier alpha value is -2.55. The average Bonchev–Trinajstić information content (AvgIpc) is 2.79. The highest BCUT2D eigenvalue weighted by atomic mass is 16.1. The van der Waals surface area contributed by atoms with Crippen LogP contribution < -0.4 is 0 Å². The van der Waals surface area contributed by atoms with Crippen molar-refractivity contribution >= 4 is 17.3 Å². The summed E-state index contributed by atoms with van der Waals surface area (Å²) in [5.74, 6) is 1.06. The Balaban J connectivity index is 1.92. The van der Waals surface area contributed by atoms with Gasteiger partial charge in [-0.05, 0) is 78.7 Å². The number of carbonyl (C=O) groups excluding carboxylic acids is 3. The molecule has 35 heavy (non-hydrogen) atoms. The van der Waals surface area contributed by atoms with E-state index in [1.54, 1.807) is 0 Å². The van der Waals surface area contributed by atoms with Gasteiger partial charge in [0, 0.05) is 17.9 Å². The lowest BCUT2D eigenvalue weighted by Gasteiger charge is -2.32. The van der Waals surface area contributed by atoms with Gasteiger partial charge in [-0.3, -0.25) is 14.4 Å². The number of benzene rings is 2. The molecular formula is C32H42O3. The maximum absolute atomic E-state index is 13.4. The van der Waals surface area contributed by atoms with Crippen LogP contribution in [0.2, 0.25) is 0 Å². The van der Waals surface area contributed by atoms with Crippen molar-refractivity contribution in [1.82, 2.24) is 0 Å². The van der Waals surface area contributed by atoms with Crippen molar-refractivity contribution in [2.75, 3.05) is 0 Å². The molecule has 0 radical (unpaired) electrons. The van der Waals surface area contributed by atoms with E-state index in [4.69, 9.17) is 0 Å². The van der Waals surface area contributed by atoms with Crippen molar-refractivity contribution in [3.05, 3.63) is 58.7 Å². The molecule has 188 valence electrons. The van der Waals surface area contributed by atoms with Crippen LogP contribution in [-0.4, -0.2) is 17.3 Å². The first-order valence-corrected chi connectivity index (χ1v) is 13.4. The van der Waals surface area contributed by atoms with Crippen molar-refractivity contribution in [2.24, 2.45) is 17.8 Å². The van der Waals surface area contributed by atoms with E-state index in [1.807, 2.05) is 6.92 Å². The Kier molecular flexibility index (Phi) is 9.21. The zero-order chi connectivity index (χ0) is 25.7. The fourth-order valence-electron chi connectivity index (χ4n) is 6.06. The third-order valence-corrected chi connectivity index (χ3v) is 7.80. The first-order valence-electron chi connectivity index (χ1n) is 13.4. The summed E-state index contributed by atoms with van der Waals surface area (Å²) < 4.78 is 0. The van der Waals surface area contributed by atoms with Crippen LogP contribution in [0.1, 0.15) is 106 Å². The minimum absolute atomic E-state index is 0.0286. The molecule has 3 heteroatoms. The second kappa shape index (κ2) is 11.9. The second-order valence-corrected chi connectivity index (χ2v) is 10.9. The lowest BCUT2D eigenvalue weighted by molar-refractivity contribution is -0.129. The molecule has 0 saturated carbocycles. The highest BCUT2D eigenvalue weighted by Gasteiger charge is 2.34. The van der Waals surface area contributed by atoms with Gasteiger partial charge in [-0.25, -0.2) is 0 Å². The number of hydrogen-bond acceptors (Lipinski definition) is 3. The molecule has 3 nitrogen and oxygen atoms in total. The van der Waals surface area contributed by atoms with E-state index in [2.05, 4.69) is 64.1 Å². The van der Waals surface area contributed by atoms with Gasteiger partial charge in [0.1, 0.15) is 11.6 Å². The maximum atomic E-state index is 13.4. The Bertz CT molecular complexity index is 1060. The number of Topliss-reactive ketones (excluding diaryl/α,β-unsaturated/α-hetero) is 3. The summed E-state index contributed by atoms with van der Waals surface area (Å²) in [5.41, 5.74) is 6.75. The number of hydrogen-bond donors (Lipinski definition) is 0. The fraction of sp³-hybridized carbons (Fsp3) is 0.531. The van der Waals surface area contributed by atoms with Crippen LogP contribution >= 0.6 is 0 Å². The van der Waals surface area contributed by atoms with Crippen LogP contribution in [0.4, 0.5) is 0 Å². The van der Waals surface area contributed by atoms with Gasteiger partial charge in [0.05, 0.1) is 6.42 Å².